The minimum absolute atomic E-state index is 0.231. The van der Waals surface area contributed by atoms with Gasteiger partial charge in [0.25, 0.3) is 0 Å². The minimum Gasteiger partial charge on any atom is -0.490 e. The third-order valence-corrected chi connectivity index (χ3v) is 18.6. The average molecular weight is 1010 g/mol. The second-order valence-electron chi connectivity index (χ2n) is 14.5. The summed E-state index contributed by atoms with van der Waals surface area (Å²) in [6.45, 7) is 36.0. The van der Waals surface area contributed by atoms with Crippen LogP contribution >= 0.6 is 0 Å². The number of hydrogen-bond acceptors (Lipinski definition) is 14. The lowest BCUT2D eigenvalue weighted by molar-refractivity contribution is -0.0616. The molecule has 3 aromatic rings. The Morgan fingerprint density at radius 1 is 0.441 bits per heavy atom. The molecule has 0 radical (unpaired) electrons. The highest BCUT2D eigenvalue weighted by Gasteiger charge is 2.43. The molecular formula is C51H88O14Si3. The summed E-state index contributed by atoms with van der Waals surface area (Å²) >= 11 is 0. The Balaban J connectivity index is 0.000000512. The van der Waals surface area contributed by atoms with E-state index in [0.717, 1.165) is 46.9 Å². The largest absolute Gasteiger partial charge is 0.537 e. The van der Waals surface area contributed by atoms with Gasteiger partial charge in [0.05, 0.1) is 0 Å². The highest BCUT2D eigenvalue weighted by Crippen LogP contribution is 2.23. The van der Waals surface area contributed by atoms with Gasteiger partial charge in [-0.2, -0.15) is 0 Å². The van der Waals surface area contributed by atoms with Crippen molar-refractivity contribution in [1.82, 2.24) is 0 Å². The third kappa shape index (κ3) is 24.7. The molecule has 68 heavy (non-hydrogen) atoms. The molecule has 0 bridgehead atoms. The van der Waals surface area contributed by atoms with E-state index >= 15 is 0 Å². The van der Waals surface area contributed by atoms with Crippen molar-refractivity contribution in [3.8, 4) is 17.2 Å². The lowest BCUT2D eigenvalue weighted by Crippen LogP contribution is -2.56. The molecule has 0 aliphatic carbocycles. The molecule has 0 aliphatic heterocycles. The van der Waals surface area contributed by atoms with Crippen molar-refractivity contribution in [3.05, 3.63) is 96.6 Å². The second-order valence-corrected chi connectivity index (χ2v) is 22.4. The maximum Gasteiger partial charge on any atom is 0.537 e. The minimum atomic E-state index is -2.84. The van der Waals surface area contributed by atoms with E-state index in [0.29, 0.717) is 85.3 Å². The Morgan fingerprint density at radius 2 is 0.809 bits per heavy atom. The van der Waals surface area contributed by atoms with Gasteiger partial charge in [0.2, 0.25) is 0 Å². The molecule has 0 heterocycles. The molecule has 3 rings (SSSR count). The van der Waals surface area contributed by atoms with E-state index in [1.54, 1.807) is 6.08 Å². The van der Waals surface area contributed by atoms with Crippen LogP contribution in [0, 0.1) is 0 Å². The van der Waals surface area contributed by atoms with Gasteiger partial charge < -0.3 is 63.5 Å². The maximum atomic E-state index is 5.89. The highest BCUT2D eigenvalue weighted by molar-refractivity contribution is 6.75. The first-order chi connectivity index (χ1) is 32.9. The predicted molar refractivity (Wildman–Crippen MR) is 277 cm³/mol. The van der Waals surface area contributed by atoms with Crippen LogP contribution in [0.25, 0.3) is 0 Å². The molecule has 2 unspecified atom stereocenters. The van der Waals surface area contributed by atoms with E-state index in [1.165, 1.54) is 5.56 Å². The standard InChI is InChI=1S/C19H34O5Si.C16H28O5Si.C16H26O4Si/c1-6-20-17(5)24-19-14-12-18(13-15-19)11-10-16-25(21-7-2,22-8-3)23-9-4;1-6-17-14(5)21-15-10-12-16(13-11-15)22(18-7-2,19-8-3)20-9-4;1-5-13-17-16-11-9-15(10-12-16)14-21(18-6-2,19-7-3)20-8-4/h12-15,17H,6-11,16H2,1-5H3;10-14H,6-9H2,1-5H3;5,9-12H,1,6-8,13-14H2,2-4H3. The summed E-state index contributed by atoms with van der Waals surface area (Å²) in [5.74, 6) is 2.40. The molecule has 0 spiro atoms. The first kappa shape index (κ1) is 63.0. The van der Waals surface area contributed by atoms with Gasteiger partial charge in [-0.05, 0) is 150 Å². The van der Waals surface area contributed by atoms with E-state index in [9.17, 15) is 0 Å². The van der Waals surface area contributed by atoms with Crippen LogP contribution in [-0.2, 0) is 61.8 Å². The maximum absolute atomic E-state index is 5.89. The predicted octanol–water partition coefficient (Wildman–Crippen LogP) is 10.5. The molecule has 0 fully saturated rings. The highest BCUT2D eigenvalue weighted by atomic mass is 28.4. The summed E-state index contributed by atoms with van der Waals surface area (Å²) in [5, 5.41) is 0.939. The zero-order valence-electron chi connectivity index (χ0n) is 43.9. The number of ether oxygens (including phenoxy) is 5. The number of rotatable bonds is 36. The van der Waals surface area contributed by atoms with Crippen LogP contribution in [0.2, 0.25) is 6.04 Å². The lowest BCUT2D eigenvalue weighted by Gasteiger charge is -2.28. The Morgan fingerprint density at radius 3 is 1.19 bits per heavy atom. The Labute approximate surface area is 414 Å². The van der Waals surface area contributed by atoms with Crippen LogP contribution in [0.15, 0.2) is 85.5 Å². The zero-order valence-corrected chi connectivity index (χ0v) is 46.9. The monoisotopic (exact) mass is 1010 g/mol. The van der Waals surface area contributed by atoms with Crippen LogP contribution in [0.4, 0.5) is 0 Å². The molecule has 0 saturated heterocycles. The van der Waals surface area contributed by atoms with Gasteiger partial charge in [0.15, 0.2) is 12.6 Å². The van der Waals surface area contributed by atoms with Gasteiger partial charge in [0.1, 0.15) is 23.9 Å². The van der Waals surface area contributed by atoms with E-state index in [1.807, 2.05) is 151 Å². The smallest absolute Gasteiger partial charge is 0.490 e. The van der Waals surface area contributed by atoms with Crippen LogP contribution in [-0.4, -0.2) is 118 Å². The van der Waals surface area contributed by atoms with Gasteiger partial charge in [-0.1, -0.05) is 49.1 Å². The van der Waals surface area contributed by atoms with E-state index in [4.69, 9.17) is 63.5 Å². The summed E-state index contributed by atoms with van der Waals surface area (Å²) < 4.78 is 80.5. The molecule has 0 amide bonds. The van der Waals surface area contributed by atoms with Gasteiger partial charge in [0, 0.05) is 90.0 Å². The van der Waals surface area contributed by atoms with Gasteiger partial charge in [-0.3, -0.25) is 0 Å². The fraction of sp³-hybridized carbons (Fsp3) is 0.608. The molecule has 14 nitrogen and oxygen atoms in total. The molecule has 0 aromatic heterocycles. The van der Waals surface area contributed by atoms with Crippen LogP contribution in [0.1, 0.15) is 108 Å². The quantitative estimate of drug-likeness (QED) is 0.0311. The van der Waals surface area contributed by atoms with Gasteiger partial charge in [-0.15, -0.1) is 0 Å². The van der Waals surface area contributed by atoms with Crippen molar-refractivity contribution in [2.45, 2.75) is 128 Å². The van der Waals surface area contributed by atoms with E-state index in [-0.39, 0.29) is 12.6 Å². The van der Waals surface area contributed by atoms with Crippen molar-refractivity contribution in [1.29, 1.82) is 0 Å². The van der Waals surface area contributed by atoms with Crippen molar-refractivity contribution < 1.29 is 63.5 Å². The van der Waals surface area contributed by atoms with Crippen LogP contribution in [0.3, 0.4) is 0 Å². The molecule has 2 atom stereocenters. The number of hydrogen-bond donors (Lipinski definition) is 0. The molecule has 388 valence electrons. The fourth-order valence-electron chi connectivity index (χ4n) is 6.89. The van der Waals surface area contributed by atoms with Crippen LogP contribution in [0.5, 0.6) is 17.2 Å². The van der Waals surface area contributed by atoms with Gasteiger partial charge in [-0.25, -0.2) is 0 Å². The summed E-state index contributed by atoms with van der Waals surface area (Å²) in [6.07, 6.45) is 3.16. The van der Waals surface area contributed by atoms with Crippen molar-refractivity contribution in [3.63, 3.8) is 0 Å². The summed E-state index contributed by atoms with van der Waals surface area (Å²) in [5.41, 5.74) is 2.40. The van der Waals surface area contributed by atoms with E-state index in [2.05, 4.69) is 18.7 Å². The Hall–Kier alpha value is -2.99. The molecule has 17 heteroatoms. The van der Waals surface area contributed by atoms with Crippen molar-refractivity contribution in [2.24, 2.45) is 0 Å². The zero-order chi connectivity index (χ0) is 50.5. The van der Waals surface area contributed by atoms with E-state index < -0.39 is 26.4 Å². The SMILES string of the molecule is C=CCOc1ccc(C[Si](OCC)(OCC)OCC)cc1.CCOC(C)Oc1ccc(CCC[Si](OCC)(OCC)OCC)cc1.CCOC(C)Oc1ccc([Si](OCC)(OCC)OCC)cc1. The summed E-state index contributed by atoms with van der Waals surface area (Å²) in [7, 11) is -8.01. The third-order valence-electron chi connectivity index (χ3n) is 9.39. The normalized spacial score (nSPS) is 12.5. The Kier molecular flexibility index (Phi) is 35.0. The fourth-order valence-corrected chi connectivity index (χ4v) is 14.6. The molecule has 3 aromatic carbocycles. The lowest BCUT2D eigenvalue weighted by atomic mass is 10.1. The molecular weight excluding hydrogens is 921 g/mol. The average Bonchev–Trinajstić information content (AvgIpc) is 3.31. The van der Waals surface area contributed by atoms with Crippen LogP contribution < -0.4 is 19.4 Å². The van der Waals surface area contributed by atoms with Crippen molar-refractivity contribution in [2.75, 3.05) is 79.3 Å². The first-order valence-corrected chi connectivity index (χ1v) is 30.3. The molecule has 0 saturated carbocycles. The summed E-state index contributed by atoms with van der Waals surface area (Å²) in [4.78, 5) is 0. The number of benzene rings is 3. The second kappa shape index (κ2) is 37.8. The molecule has 0 aliphatic rings. The van der Waals surface area contributed by atoms with Gasteiger partial charge >= 0.3 is 26.4 Å². The topological polar surface area (TPSA) is 129 Å². The first-order valence-electron chi connectivity index (χ1n) is 24.7. The summed E-state index contributed by atoms with van der Waals surface area (Å²) in [6, 6.07) is 25.3. The number of aryl methyl sites for hydroxylation is 1. The van der Waals surface area contributed by atoms with Crippen molar-refractivity contribution >= 4 is 31.6 Å². The Bertz CT molecular complexity index is 1600. The molecule has 0 N–H and O–H groups in total.